The molecule has 76 valence electrons. The zero-order chi connectivity index (χ0) is 9.84. The normalized spacial score (nSPS) is 20.2. The summed E-state index contributed by atoms with van der Waals surface area (Å²) in [5.41, 5.74) is 5.73. The van der Waals surface area contributed by atoms with E-state index in [2.05, 4.69) is 0 Å². The molecular formula is C9H19N3O. The molecular weight excluding hydrogens is 166 g/mol. The first-order valence-corrected chi connectivity index (χ1v) is 4.89. The number of nitrogens with zero attached hydrogens (tertiary/aromatic N) is 1. The molecule has 1 saturated carbocycles. The predicted molar refractivity (Wildman–Crippen MR) is 51.5 cm³/mol. The van der Waals surface area contributed by atoms with Gasteiger partial charge in [-0.1, -0.05) is 25.7 Å². The first-order chi connectivity index (χ1) is 6.11. The summed E-state index contributed by atoms with van der Waals surface area (Å²) in [6, 6.07) is -0.405. The smallest absolute Gasteiger partial charge is 0.253 e. The van der Waals surface area contributed by atoms with Gasteiger partial charge in [0, 0.05) is 7.05 Å². The highest BCUT2D eigenvalue weighted by Gasteiger charge is 2.23. The molecule has 1 rings (SSSR count). The predicted octanol–water partition coefficient (Wildman–Crippen LogP) is 0.226. The van der Waals surface area contributed by atoms with Crippen molar-refractivity contribution in [3.8, 4) is 0 Å². The van der Waals surface area contributed by atoms with Crippen LogP contribution < -0.4 is 11.6 Å². The summed E-state index contributed by atoms with van der Waals surface area (Å²) in [4.78, 5) is 11.3. The van der Waals surface area contributed by atoms with Crippen LogP contribution in [0, 0.1) is 5.92 Å². The van der Waals surface area contributed by atoms with Crippen molar-refractivity contribution in [3.63, 3.8) is 0 Å². The van der Waals surface area contributed by atoms with Gasteiger partial charge in [-0.3, -0.25) is 9.80 Å². The Morgan fingerprint density at radius 2 is 2.08 bits per heavy atom. The number of carbonyl (C=O) groups is 1. The lowest BCUT2D eigenvalue weighted by molar-refractivity contribution is -0.131. The van der Waals surface area contributed by atoms with Gasteiger partial charge in [0.2, 0.25) is 0 Å². The molecule has 0 heterocycles. The van der Waals surface area contributed by atoms with Crippen LogP contribution >= 0.6 is 0 Å². The quantitative estimate of drug-likeness (QED) is 0.375. The number of carbonyl (C=O) groups excluding carboxylic acids is 1. The Balaban J connectivity index is 2.31. The highest BCUT2D eigenvalue weighted by Crippen LogP contribution is 2.28. The maximum absolute atomic E-state index is 11.3. The Morgan fingerprint density at radius 3 is 2.54 bits per heavy atom. The van der Waals surface area contributed by atoms with E-state index in [0.717, 1.165) is 11.4 Å². The summed E-state index contributed by atoms with van der Waals surface area (Å²) in [7, 11) is 1.54. The van der Waals surface area contributed by atoms with Crippen LogP contribution in [0.25, 0.3) is 0 Å². The molecule has 0 aromatic carbocycles. The minimum atomic E-state index is -0.405. The Labute approximate surface area is 79.2 Å². The van der Waals surface area contributed by atoms with Gasteiger partial charge in [0.1, 0.15) is 0 Å². The SMILES string of the molecule is CN(N)C(=O)C(N)CC1CCCC1. The van der Waals surface area contributed by atoms with Gasteiger partial charge in [-0.05, 0) is 12.3 Å². The van der Waals surface area contributed by atoms with E-state index in [4.69, 9.17) is 11.6 Å². The number of hydrogen-bond acceptors (Lipinski definition) is 3. The van der Waals surface area contributed by atoms with E-state index in [-0.39, 0.29) is 5.91 Å². The van der Waals surface area contributed by atoms with Gasteiger partial charge in [-0.15, -0.1) is 0 Å². The molecule has 1 atom stereocenters. The molecule has 1 unspecified atom stereocenters. The molecule has 4 N–H and O–H groups in total. The van der Waals surface area contributed by atoms with Gasteiger partial charge in [-0.25, -0.2) is 5.84 Å². The molecule has 1 aliphatic rings. The van der Waals surface area contributed by atoms with Crippen LogP contribution in [0.3, 0.4) is 0 Å². The Morgan fingerprint density at radius 1 is 1.54 bits per heavy atom. The molecule has 0 bridgehead atoms. The molecule has 0 saturated heterocycles. The van der Waals surface area contributed by atoms with Crippen molar-refractivity contribution >= 4 is 5.91 Å². The van der Waals surface area contributed by atoms with Gasteiger partial charge >= 0.3 is 0 Å². The third-order valence-electron chi connectivity index (χ3n) is 2.73. The summed E-state index contributed by atoms with van der Waals surface area (Å²) in [6.45, 7) is 0. The number of hydrogen-bond donors (Lipinski definition) is 2. The van der Waals surface area contributed by atoms with Crippen LogP contribution in [0.4, 0.5) is 0 Å². The largest absolute Gasteiger partial charge is 0.320 e. The van der Waals surface area contributed by atoms with E-state index in [1.54, 1.807) is 0 Å². The lowest BCUT2D eigenvalue weighted by atomic mass is 9.98. The third-order valence-corrected chi connectivity index (χ3v) is 2.73. The zero-order valence-electron chi connectivity index (χ0n) is 8.20. The third kappa shape index (κ3) is 2.97. The second-order valence-corrected chi connectivity index (χ2v) is 3.94. The monoisotopic (exact) mass is 185 g/mol. The summed E-state index contributed by atoms with van der Waals surface area (Å²) in [5.74, 6) is 5.79. The average molecular weight is 185 g/mol. The van der Waals surface area contributed by atoms with E-state index >= 15 is 0 Å². The Hall–Kier alpha value is -0.610. The second-order valence-electron chi connectivity index (χ2n) is 3.94. The number of likely N-dealkylation sites (N-methyl/N-ethyl adjacent to an activating group) is 1. The molecule has 0 aromatic rings. The number of hydrazine groups is 1. The molecule has 1 fully saturated rings. The van der Waals surface area contributed by atoms with Gasteiger partial charge in [0.25, 0.3) is 5.91 Å². The van der Waals surface area contributed by atoms with Gasteiger partial charge in [0.15, 0.2) is 0 Å². The first kappa shape index (κ1) is 10.5. The Kier molecular flexibility index (Phi) is 3.69. The average Bonchev–Trinajstić information content (AvgIpc) is 2.55. The van der Waals surface area contributed by atoms with Crippen molar-refractivity contribution in [2.75, 3.05) is 7.05 Å². The van der Waals surface area contributed by atoms with Crippen molar-refractivity contribution < 1.29 is 4.79 Å². The fourth-order valence-corrected chi connectivity index (χ4v) is 1.97. The minimum absolute atomic E-state index is 0.160. The first-order valence-electron chi connectivity index (χ1n) is 4.89. The Bertz CT molecular complexity index is 176. The van der Waals surface area contributed by atoms with Crippen LogP contribution in [0.2, 0.25) is 0 Å². The van der Waals surface area contributed by atoms with Crippen LogP contribution in [0.5, 0.6) is 0 Å². The number of rotatable bonds is 3. The van der Waals surface area contributed by atoms with Gasteiger partial charge in [-0.2, -0.15) is 0 Å². The fourth-order valence-electron chi connectivity index (χ4n) is 1.97. The standard InChI is InChI=1S/C9H19N3O/c1-12(11)9(13)8(10)6-7-4-2-3-5-7/h7-8H,2-6,10-11H2,1H3. The van der Waals surface area contributed by atoms with E-state index in [0.29, 0.717) is 5.92 Å². The molecule has 0 spiro atoms. The summed E-state index contributed by atoms with van der Waals surface area (Å²) in [6.07, 6.45) is 5.79. The molecule has 0 aliphatic heterocycles. The van der Waals surface area contributed by atoms with E-state index in [1.807, 2.05) is 0 Å². The molecule has 0 aromatic heterocycles. The highest BCUT2D eigenvalue weighted by molar-refractivity contribution is 5.80. The fraction of sp³-hybridized carbons (Fsp3) is 0.889. The maximum Gasteiger partial charge on any atom is 0.253 e. The van der Waals surface area contributed by atoms with Crippen LogP contribution in [0.1, 0.15) is 32.1 Å². The zero-order valence-corrected chi connectivity index (χ0v) is 8.20. The molecule has 4 heteroatoms. The second kappa shape index (κ2) is 4.58. The molecule has 1 aliphatic carbocycles. The number of amides is 1. The molecule has 0 radical (unpaired) electrons. The lowest BCUT2D eigenvalue weighted by Gasteiger charge is -2.18. The van der Waals surface area contributed by atoms with Crippen LogP contribution in [-0.2, 0) is 4.79 Å². The summed E-state index contributed by atoms with van der Waals surface area (Å²) >= 11 is 0. The van der Waals surface area contributed by atoms with E-state index in [1.165, 1.54) is 32.7 Å². The molecule has 13 heavy (non-hydrogen) atoms. The van der Waals surface area contributed by atoms with Crippen molar-refractivity contribution in [3.05, 3.63) is 0 Å². The topological polar surface area (TPSA) is 72.3 Å². The van der Waals surface area contributed by atoms with Crippen LogP contribution in [0.15, 0.2) is 0 Å². The van der Waals surface area contributed by atoms with Crippen molar-refractivity contribution in [2.45, 2.75) is 38.1 Å². The highest BCUT2D eigenvalue weighted by atomic mass is 16.2. The van der Waals surface area contributed by atoms with Crippen molar-refractivity contribution in [2.24, 2.45) is 17.5 Å². The van der Waals surface area contributed by atoms with Crippen LogP contribution in [-0.4, -0.2) is 24.0 Å². The number of nitrogens with two attached hydrogens (primary N) is 2. The molecule has 4 nitrogen and oxygen atoms in total. The molecule has 1 amide bonds. The minimum Gasteiger partial charge on any atom is -0.320 e. The lowest BCUT2D eigenvalue weighted by Crippen LogP contribution is -2.45. The maximum atomic E-state index is 11.3. The van der Waals surface area contributed by atoms with E-state index < -0.39 is 6.04 Å². The van der Waals surface area contributed by atoms with Crippen molar-refractivity contribution in [1.82, 2.24) is 5.01 Å². The summed E-state index contributed by atoms with van der Waals surface area (Å²) < 4.78 is 0. The summed E-state index contributed by atoms with van der Waals surface area (Å²) in [5, 5.41) is 1.08. The van der Waals surface area contributed by atoms with Gasteiger partial charge < -0.3 is 5.73 Å². The van der Waals surface area contributed by atoms with E-state index in [9.17, 15) is 4.79 Å². The van der Waals surface area contributed by atoms with Crippen molar-refractivity contribution in [1.29, 1.82) is 0 Å². The van der Waals surface area contributed by atoms with Gasteiger partial charge in [0.05, 0.1) is 6.04 Å².